The Kier molecular flexibility index (Phi) is 4.71. The maximum Gasteiger partial charge on any atom is 0.251 e. The summed E-state index contributed by atoms with van der Waals surface area (Å²) in [6.45, 7) is 1.96. The summed E-state index contributed by atoms with van der Waals surface area (Å²) in [5, 5.41) is 11.6. The maximum absolute atomic E-state index is 11.5. The van der Waals surface area contributed by atoms with E-state index in [1.54, 1.807) is 6.92 Å². The van der Waals surface area contributed by atoms with Gasteiger partial charge in [-0.15, -0.1) is 0 Å². The Balaban J connectivity index is 2.50. The van der Waals surface area contributed by atoms with Gasteiger partial charge in [0.1, 0.15) is 6.54 Å². The molecule has 0 saturated carbocycles. The molecule has 1 amide bonds. The van der Waals surface area contributed by atoms with E-state index < -0.39 is 6.10 Å². The molecule has 1 aromatic rings. The van der Waals surface area contributed by atoms with E-state index in [1.807, 2.05) is 0 Å². The van der Waals surface area contributed by atoms with E-state index in [1.165, 1.54) is 22.9 Å². The number of nitrogens with zero attached hydrogens (tertiary/aromatic N) is 1. The molecule has 6 heteroatoms. The Bertz CT molecular complexity index is 440. The van der Waals surface area contributed by atoms with E-state index in [0.717, 1.165) is 0 Å². The van der Waals surface area contributed by atoms with Crippen molar-refractivity contribution in [2.45, 2.75) is 26.0 Å². The van der Waals surface area contributed by atoms with E-state index in [-0.39, 0.29) is 18.0 Å². The van der Waals surface area contributed by atoms with Crippen LogP contribution < -0.4 is 16.6 Å². The van der Waals surface area contributed by atoms with Crippen LogP contribution in [0.3, 0.4) is 0 Å². The summed E-state index contributed by atoms with van der Waals surface area (Å²) in [7, 11) is 0. The van der Waals surface area contributed by atoms with Crippen LogP contribution in [0.25, 0.3) is 0 Å². The van der Waals surface area contributed by atoms with Gasteiger partial charge < -0.3 is 20.7 Å². The molecular formula is C11H17N3O3. The summed E-state index contributed by atoms with van der Waals surface area (Å²) in [4.78, 5) is 22.8. The quantitative estimate of drug-likeness (QED) is 0.634. The van der Waals surface area contributed by atoms with Crippen molar-refractivity contribution in [3.05, 3.63) is 28.7 Å². The van der Waals surface area contributed by atoms with E-state index >= 15 is 0 Å². The number of nitrogen functional groups attached to an aromatic ring is 1. The van der Waals surface area contributed by atoms with E-state index in [2.05, 4.69) is 5.32 Å². The highest BCUT2D eigenvalue weighted by atomic mass is 16.3. The van der Waals surface area contributed by atoms with Gasteiger partial charge in [-0.1, -0.05) is 0 Å². The molecule has 0 bridgehead atoms. The number of rotatable bonds is 5. The van der Waals surface area contributed by atoms with Gasteiger partial charge in [0.05, 0.1) is 6.10 Å². The number of nitrogens with two attached hydrogens (primary N) is 1. The zero-order chi connectivity index (χ0) is 12.8. The molecule has 1 rings (SSSR count). The molecule has 0 saturated heterocycles. The molecule has 17 heavy (non-hydrogen) atoms. The fraction of sp³-hybridized carbons (Fsp3) is 0.455. The predicted molar refractivity (Wildman–Crippen MR) is 64.4 cm³/mol. The first-order chi connectivity index (χ1) is 7.99. The largest absolute Gasteiger partial charge is 0.398 e. The van der Waals surface area contributed by atoms with Gasteiger partial charge in [0.25, 0.3) is 5.56 Å². The molecule has 0 spiro atoms. The minimum Gasteiger partial charge on any atom is -0.398 e. The number of hydrogen-bond acceptors (Lipinski definition) is 4. The highest BCUT2D eigenvalue weighted by molar-refractivity contribution is 5.75. The van der Waals surface area contributed by atoms with Crippen LogP contribution in [0.1, 0.15) is 13.3 Å². The SMILES string of the molecule is CC(O)CCNC(=O)Cn1cc(N)ccc1=O. The number of aliphatic hydroxyl groups is 1. The number of carbonyl (C=O) groups excluding carboxylic acids is 1. The molecule has 0 aromatic carbocycles. The minimum atomic E-state index is -0.453. The van der Waals surface area contributed by atoms with Gasteiger partial charge in [0, 0.05) is 24.5 Å². The highest BCUT2D eigenvalue weighted by Crippen LogP contribution is 1.95. The Hall–Kier alpha value is -1.82. The van der Waals surface area contributed by atoms with Gasteiger partial charge in [-0.05, 0) is 19.4 Å². The molecule has 1 atom stereocenters. The van der Waals surface area contributed by atoms with Gasteiger partial charge in [-0.3, -0.25) is 9.59 Å². The van der Waals surface area contributed by atoms with Crippen molar-refractivity contribution in [2.75, 3.05) is 12.3 Å². The number of pyridine rings is 1. The number of carbonyl (C=O) groups is 1. The normalized spacial score (nSPS) is 12.1. The summed E-state index contributed by atoms with van der Waals surface area (Å²) in [5.41, 5.74) is 5.68. The Morgan fingerprint density at radius 3 is 2.94 bits per heavy atom. The Morgan fingerprint density at radius 1 is 1.59 bits per heavy atom. The molecule has 0 fully saturated rings. The van der Waals surface area contributed by atoms with E-state index in [4.69, 9.17) is 10.8 Å². The summed E-state index contributed by atoms with van der Waals surface area (Å²) in [6, 6.07) is 2.81. The molecule has 0 radical (unpaired) electrons. The van der Waals surface area contributed by atoms with Crippen molar-refractivity contribution >= 4 is 11.6 Å². The zero-order valence-electron chi connectivity index (χ0n) is 9.72. The van der Waals surface area contributed by atoms with Crippen LogP contribution in [-0.4, -0.2) is 28.2 Å². The van der Waals surface area contributed by atoms with E-state index in [0.29, 0.717) is 18.7 Å². The molecule has 0 aliphatic rings. The molecule has 1 heterocycles. The molecule has 0 aliphatic heterocycles. The summed E-state index contributed by atoms with van der Waals surface area (Å²) in [6.07, 6.45) is 1.46. The molecule has 0 aliphatic carbocycles. The molecule has 94 valence electrons. The van der Waals surface area contributed by atoms with Crippen molar-refractivity contribution in [1.82, 2.24) is 9.88 Å². The second-order valence-electron chi connectivity index (χ2n) is 3.92. The lowest BCUT2D eigenvalue weighted by molar-refractivity contribution is -0.121. The number of nitrogens with one attached hydrogen (secondary N) is 1. The van der Waals surface area contributed by atoms with Crippen LogP contribution in [0, 0.1) is 0 Å². The Labute approximate surface area is 99.1 Å². The lowest BCUT2D eigenvalue weighted by Crippen LogP contribution is -2.33. The topological polar surface area (TPSA) is 97.3 Å². The second kappa shape index (κ2) is 6.05. The molecular weight excluding hydrogens is 222 g/mol. The molecule has 1 unspecified atom stereocenters. The van der Waals surface area contributed by atoms with Gasteiger partial charge in [-0.2, -0.15) is 0 Å². The Morgan fingerprint density at radius 2 is 2.29 bits per heavy atom. The smallest absolute Gasteiger partial charge is 0.251 e. The van der Waals surface area contributed by atoms with Gasteiger partial charge in [0.2, 0.25) is 5.91 Å². The first kappa shape index (κ1) is 13.2. The van der Waals surface area contributed by atoms with E-state index in [9.17, 15) is 9.59 Å². The summed E-state index contributed by atoms with van der Waals surface area (Å²) < 4.78 is 1.24. The molecule has 4 N–H and O–H groups in total. The lowest BCUT2D eigenvalue weighted by atomic mass is 10.3. The molecule has 6 nitrogen and oxygen atoms in total. The standard InChI is InChI=1S/C11H17N3O3/c1-8(15)4-5-13-10(16)7-14-6-9(12)2-3-11(14)17/h2-3,6,8,15H,4-5,7,12H2,1H3,(H,13,16). The van der Waals surface area contributed by atoms with Crippen LogP contribution in [0.15, 0.2) is 23.1 Å². The highest BCUT2D eigenvalue weighted by Gasteiger charge is 2.04. The third kappa shape index (κ3) is 4.69. The van der Waals surface area contributed by atoms with Gasteiger partial charge in [-0.25, -0.2) is 0 Å². The first-order valence-corrected chi connectivity index (χ1v) is 5.40. The summed E-state index contributed by atoms with van der Waals surface area (Å²) in [5.74, 6) is -0.279. The van der Waals surface area contributed by atoms with Crippen molar-refractivity contribution in [1.29, 1.82) is 0 Å². The monoisotopic (exact) mass is 239 g/mol. The first-order valence-electron chi connectivity index (χ1n) is 5.40. The van der Waals surface area contributed by atoms with Crippen LogP contribution in [0.2, 0.25) is 0 Å². The minimum absolute atomic E-state index is 0.0658. The maximum atomic E-state index is 11.5. The lowest BCUT2D eigenvalue weighted by Gasteiger charge is -2.08. The fourth-order valence-corrected chi connectivity index (χ4v) is 1.30. The second-order valence-corrected chi connectivity index (χ2v) is 3.92. The van der Waals surface area contributed by atoms with Gasteiger partial charge >= 0.3 is 0 Å². The third-order valence-corrected chi connectivity index (χ3v) is 2.20. The number of amides is 1. The van der Waals surface area contributed by atoms with Crippen LogP contribution in [0.5, 0.6) is 0 Å². The van der Waals surface area contributed by atoms with Gasteiger partial charge in [0.15, 0.2) is 0 Å². The van der Waals surface area contributed by atoms with Crippen LogP contribution in [-0.2, 0) is 11.3 Å². The fourth-order valence-electron chi connectivity index (χ4n) is 1.30. The van der Waals surface area contributed by atoms with Crippen LogP contribution in [0.4, 0.5) is 5.69 Å². The van der Waals surface area contributed by atoms with Crippen molar-refractivity contribution in [2.24, 2.45) is 0 Å². The zero-order valence-corrected chi connectivity index (χ0v) is 9.72. The van der Waals surface area contributed by atoms with Crippen molar-refractivity contribution in [3.8, 4) is 0 Å². The number of anilines is 1. The average molecular weight is 239 g/mol. The average Bonchev–Trinajstić information content (AvgIpc) is 2.23. The number of hydrogen-bond donors (Lipinski definition) is 3. The molecule has 1 aromatic heterocycles. The predicted octanol–water partition coefficient (Wildman–Crippen LogP) is -0.682. The number of aromatic nitrogens is 1. The third-order valence-electron chi connectivity index (χ3n) is 2.20. The number of aliphatic hydroxyl groups excluding tert-OH is 1. The summed E-state index contributed by atoms with van der Waals surface area (Å²) >= 11 is 0. The van der Waals surface area contributed by atoms with Crippen LogP contribution >= 0.6 is 0 Å². The van der Waals surface area contributed by atoms with Crippen molar-refractivity contribution < 1.29 is 9.90 Å². The van der Waals surface area contributed by atoms with Crippen molar-refractivity contribution in [3.63, 3.8) is 0 Å².